The van der Waals surface area contributed by atoms with Gasteiger partial charge in [0.15, 0.2) is 5.82 Å². The van der Waals surface area contributed by atoms with E-state index < -0.39 is 15.9 Å². The van der Waals surface area contributed by atoms with Gasteiger partial charge in [-0.1, -0.05) is 29.3 Å². The number of carbonyl (C=O) groups excluding carboxylic acids is 1. The minimum Gasteiger partial charge on any atom is -0.309 e. The third-order valence-electron chi connectivity index (χ3n) is 5.35. The molecule has 0 spiro atoms. The molecule has 0 unspecified atom stereocenters. The highest BCUT2D eigenvalue weighted by Crippen LogP contribution is 2.26. The van der Waals surface area contributed by atoms with Crippen LogP contribution in [0.5, 0.6) is 0 Å². The smallest absolute Gasteiger partial charge is 0.246 e. The number of carbonyl (C=O) groups is 1. The monoisotopic (exact) mass is 496 g/mol. The van der Waals surface area contributed by atoms with Crippen molar-refractivity contribution >= 4 is 45.0 Å². The second-order valence-corrected chi connectivity index (χ2v) is 10.4. The second-order valence-electron chi connectivity index (χ2n) is 7.64. The number of hydrogen-bond acceptors (Lipinski definition) is 5. The molecule has 170 valence electrons. The van der Waals surface area contributed by atoms with Crippen LogP contribution in [0, 0.1) is 5.92 Å². The minimum absolute atomic E-state index is 0.110. The lowest BCUT2D eigenvalue weighted by Gasteiger charge is -2.30. The average molecular weight is 497 g/mol. The minimum atomic E-state index is -3.69. The van der Waals surface area contributed by atoms with E-state index in [9.17, 15) is 13.2 Å². The summed E-state index contributed by atoms with van der Waals surface area (Å²) in [6, 6.07) is 6.95. The maximum absolute atomic E-state index is 12.9. The molecule has 0 bridgehead atoms. The third kappa shape index (κ3) is 4.83. The number of amides is 1. The molecule has 3 aromatic rings. The molecule has 1 aliphatic heterocycles. The fourth-order valence-electron chi connectivity index (χ4n) is 3.65. The summed E-state index contributed by atoms with van der Waals surface area (Å²) in [4.78, 5) is 12.9. The second kappa shape index (κ2) is 9.22. The molecule has 0 saturated carbocycles. The number of sulfonamides is 1. The van der Waals surface area contributed by atoms with Gasteiger partial charge in [-0.05, 0) is 25.0 Å². The fourth-order valence-corrected chi connectivity index (χ4v) is 5.67. The largest absolute Gasteiger partial charge is 0.309 e. The fraction of sp³-hybridized carbons (Fsp3) is 0.350. The van der Waals surface area contributed by atoms with E-state index in [1.807, 2.05) is 0 Å². The van der Waals surface area contributed by atoms with Crippen molar-refractivity contribution in [2.24, 2.45) is 13.0 Å². The van der Waals surface area contributed by atoms with Gasteiger partial charge in [-0.15, -0.1) is 0 Å². The summed E-state index contributed by atoms with van der Waals surface area (Å²) in [5, 5.41) is 12.2. The highest BCUT2D eigenvalue weighted by molar-refractivity contribution is 7.89. The van der Waals surface area contributed by atoms with Crippen LogP contribution >= 0.6 is 23.2 Å². The Balaban J connectivity index is 1.41. The molecule has 1 amide bonds. The van der Waals surface area contributed by atoms with Crippen molar-refractivity contribution in [1.82, 2.24) is 23.9 Å². The predicted molar refractivity (Wildman–Crippen MR) is 121 cm³/mol. The molecule has 12 heteroatoms. The first-order chi connectivity index (χ1) is 15.2. The highest BCUT2D eigenvalue weighted by Gasteiger charge is 2.34. The van der Waals surface area contributed by atoms with Gasteiger partial charge >= 0.3 is 0 Å². The van der Waals surface area contributed by atoms with Crippen LogP contribution in [0.2, 0.25) is 10.0 Å². The van der Waals surface area contributed by atoms with Crippen LogP contribution in [0.25, 0.3) is 0 Å². The Hall–Kier alpha value is -2.40. The van der Waals surface area contributed by atoms with Crippen LogP contribution in [0.3, 0.4) is 0 Å². The molecular formula is C20H22Cl2N6O3S. The first-order valence-electron chi connectivity index (χ1n) is 10.00. The van der Waals surface area contributed by atoms with E-state index in [1.54, 1.807) is 42.2 Å². The Morgan fingerprint density at radius 1 is 1.25 bits per heavy atom. The van der Waals surface area contributed by atoms with Gasteiger partial charge in [0, 0.05) is 54.2 Å². The van der Waals surface area contributed by atoms with Crippen LogP contribution in [0.1, 0.15) is 18.4 Å². The number of aryl methyl sites for hydroxylation is 1. The lowest BCUT2D eigenvalue weighted by molar-refractivity contribution is -0.120. The van der Waals surface area contributed by atoms with Crippen molar-refractivity contribution in [3.8, 4) is 0 Å². The molecule has 1 saturated heterocycles. The van der Waals surface area contributed by atoms with Gasteiger partial charge in [0.1, 0.15) is 4.90 Å². The van der Waals surface area contributed by atoms with Gasteiger partial charge in [-0.3, -0.25) is 14.2 Å². The number of hydrogen-bond donors (Lipinski definition) is 1. The number of rotatable bonds is 6. The molecule has 0 aliphatic carbocycles. The summed E-state index contributed by atoms with van der Waals surface area (Å²) in [5.41, 5.74) is 0.736. The summed E-state index contributed by atoms with van der Waals surface area (Å²) in [7, 11) is -2.04. The van der Waals surface area contributed by atoms with Crippen molar-refractivity contribution in [2.75, 3.05) is 18.4 Å². The SMILES string of the molecule is Cn1cc(S(=O)(=O)N2CCC[C@@H](C(=O)Nc3ccn(Cc4c(Cl)cccc4Cl)n3)C2)cn1. The molecule has 9 nitrogen and oxygen atoms in total. The standard InChI is InChI=1S/C20H22Cl2N6O3S/c1-26-12-15(10-23-26)32(30,31)28-8-3-4-14(11-28)20(29)24-19-7-9-27(25-19)13-16-17(21)5-2-6-18(16)22/h2,5-7,9-10,12,14H,3-4,8,11,13H2,1H3,(H,24,25,29)/t14-/m1/s1. The Labute approximate surface area is 196 Å². The number of benzene rings is 1. The van der Waals surface area contributed by atoms with Crippen molar-refractivity contribution < 1.29 is 13.2 Å². The lowest BCUT2D eigenvalue weighted by atomic mass is 9.99. The normalized spacial score (nSPS) is 17.4. The number of nitrogens with zero attached hydrogens (tertiary/aromatic N) is 5. The lowest BCUT2D eigenvalue weighted by Crippen LogP contribution is -2.43. The first-order valence-corrected chi connectivity index (χ1v) is 12.2. The summed E-state index contributed by atoms with van der Waals surface area (Å²) in [6.07, 6.45) is 5.68. The molecule has 0 radical (unpaired) electrons. The quantitative estimate of drug-likeness (QED) is 0.564. The van der Waals surface area contributed by atoms with E-state index in [2.05, 4.69) is 15.5 Å². The van der Waals surface area contributed by atoms with Gasteiger partial charge in [0.25, 0.3) is 0 Å². The Bertz CT molecular complexity index is 1220. The predicted octanol–water partition coefficient (Wildman–Crippen LogP) is 3.01. The molecule has 1 atom stereocenters. The van der Waals surface area contributed by atoms with E-state index in [0.717, 1.165) is 5.56 Å². The maximum atomic E-state index is 12.9. The van der Waals surface area contributed by atoms with Gasteiger partial charge < -0.3 is 5.32 Å². The number of nitrogens with one attached hydrogen (secondary N) is 1. The number of aromatic nitrogens is 4. The molecule has 1 aliphatic rings. The van der Waals surface area contributed by atoms with E-state index in [1.165, 1.54) is 21.4 Å². The first kappa shape index (κ1) is 22.8. The van der Waals surface area contributed by atoms with Crippen LogP contribution in [0.4, 0.5) is 5.82 Å². The van der Waals surface area contributed by atoms with E-state index in [0.29, 0.717) is 41.8 Å². The van der Waals surface area contributed by atoms with Crippen molar-refractivity contribution in [3.05, 3.63) is 58.5 Å². The summed E-state index contributed by atoms with van der Waals surface area (Å²) < 4.78 is 30.1. The van der Waals surface area contributed by atoms with Crippen molar-refractivity contribution in [2.45, 2.75) is 24.3 Å². The van der Waals surface area contributed by atoms with Crippen molar-refractivity contribution in [1.29, 1.82) is 0 Å². The maximum Gasteiger partial charge on any atom is 0.246 e. The Morgan fingerprint density at radius 3 is 2.69 bits per heavy atom. The molecular weight excluding hydrogens is 475 g/mol. The number of halogens is 2. The van der Waals surface area contributed by atoms with Gasteiger partial charge in [-0.2, -0.15) is 14.5 Å². The van der Waals surface area contributed by atoms with E-state index in [4.69, 9.17) is 23.2 Å². The third-order valence-corrected chi connectivity index (χ3v) is 7.87. The van der Waals surface area contributed by atoms with Gasteiger partial charge in [-0.25, -0.2) is 8.42 Å². The topological polar surface area (TPSA) is 102 Å². The summed E-state index contributed by atoms with van der Waals surface area (Å²) in [5.74, 6) is -0.360. The molecule has 3 heterocycles. The Kier molecular flexibility index (Phi) is 6.57. The van der Waals surface area contributed by atoms with E-state index >= 15 is 0 Å². The average Bonchev–Trinajstić information content (AvgIpc) is 3.40. The van der Waals surface area contributed by atoms with Gasteiger partial charge in [0.2, 0.25) is 15.9 Å². The molecule has 2 aromatic heterocycles. The van der Waals surface area contributed by atoms with Gasteiger partial charge in [0.05, 0.1) is 18.7 Å². The molecule has 1 fully saturated rings. The molecule has 1 aromatic carbocycles. The zero-order chi connectivity index (χ0) is 22.9. The van der Waals surface area contributed by atoms with Crippen LogP contribution in [0.15, 0.2) is 47.8 Å². The molecule has 32 heavy (non-hydrogen) atoms. The molecule has 4 rings (SSSR count). The zero-order valence-electron chi connectivity index (χ0n) is 17.3. The van der Waals surface area contributed by atoms with Crippen LogP contribution in [-0.2, 0) is 28.4 Å². The Morgan fingerprint density at radius 2 is 2.00 bits per heavy atom. The summed E-state index contributed by atoms with van der Waals surface area (Å²) >= 11 is 12.4. The van der Waals surface area contributed by atoms with E-state index in [-0.39, 0.29) is 17.3 Å². The number of anilines is 1. The molecule has 1 N–H and O–H groups in total. The van der Waals surface area contributed by atoms with Crippen LogP contribution in [-0.4, -0.2) is 51.3 Å². The van der Waals surface area contributed by atoms with Crippen LogP contribution < -0.4 is 5.32 Å². The summed E-state index contributed by atoms with van der Waals surface area (Å²) in [6.45, 7) is 0.835. The highest BCUT2D eigenvalue weighted by atomic mass is 35.5. The van der Waals surface area contributed by atoms with Crippen molar-refractivity contribution in [3.63, 3.8) is 0 Å². The number of piperidine rings is 1. The zero-order valence-corrected chi connectivity index (χ0v) is 19.6.